The van der Waals surface area contributed by atoms with Crippen LogP contribution in [0.4, 0.5) is 14.6 Å². The van der Waals surface area contributed by atoms with Crippen LogP contribution in [0.1, 0.15) is 0 Å². The summed E-state index contributed by atoms with van der Waals surface area (Å²) in [6.07, 6.45) is 1.60. The van der Waals surface area contributed by atoms with Gasteiger partial charge in [-0.2, -0.15) is 13.9 Å². The summed E-state index contributed by atoms with van der Waals surface area (Å²) in [6, 6.07) is 6.76. The van der Waals surface area contributed by atoms with Crippen LogP contribution in [0.25, 0.3) is 11.1 Å². The first kappa shape index (κ1) is 10.9. The third kappa shape index (κ3) is 2.33. The zero-order chi connectivity index (χ0) is 11.5. The molecular formula is C10H9F2N3S. The van der Waals surface area contributed by atoms with E-state index < -0.39 is 5.76 Å². The van der Waals surface area contributed by atoms with Crippen molar-refractivity contribution in [1.82, 2.24) is 10.2 Å². The minimum Gasteiger partial charge on any atom is -0.384 e. The largest absolute Gasteiger partial charge is 0.384 e. The number of anilines is 1. The Bertz CT molecular complexity index is 467. The van der Waals surface area contributed by atoms with Crippen LogP contribution in [0.2, 0.25) is 0 Å². The molecule has 1 aromatic carbocycles. The van der Waals surface area contributed by atoms with Crippen LogP contribution in [0.5, 0.6) is 0 Å². The summed E-state index contributed by atoms with van der Waals surface area (Å²) >= 11 is 0.521. The monoisotopic (exact) mass is 241 g/mol. The fourth-order valence-corrected chi connectivity index (χ4v) is 1.84. The van der Waals surface area contributed by atoms with Crippen molar-refractivity contribution in [3.05, 3.63) is 30.5 Å². The highest BCUT2D eigenvalue weighted by Crippen LogP contribution is 2.29. The molecule has 0 saturated carbocycles. The molecule has 0 radical (unpaired) electrons. The predicted octanol–water partition coefficient (Wildman–Crippen LogP) is 2.97. The summed E-state index contributed by atoms with van der Waals surface area (Å²) in [4.78, 5) is 0.529. The number of H-pyrrole nitrogens is 1. The number of nitrogen functional groups attached to an aromatic ring is 1. The molecule has 16 heavy (non-hydrogen) atoms. The van der Waals surface area contributed by atoms with Crippen molar-refractivity contribution < 1.29 is 8.78 Å². The van der Waals surface area contributed by atoms with E-state index in [1.54, 1.807) is 30.5 Å². The Balaban J connectivity index is 2.23. The third-order valence-electron chi connectivity index (χ3n) is 2.06. The number of hydrogen-bond acceptors (Lipinski definition) is 3. The zero-order valence-electron chi connectivity index (χ0n) is 8.15. The Kier molecular flexibility index (Phi) is 3.09. The lowest BCUT2D eigenvalue weighted by atomic mass is 10.1. The van der Waals surface area contributed by atoms with Gasteiger partial charge in [-0.3, -0.25) is 5.10 Å². The Hall–Kier alpha value is -1.56. The smallest absolute Gasteiger partial charge is 0.288 e. The van der Waals surface area contributed by atoms with Crippen LogP contribution in [0, 0.1) is 0 Å². The summed E-state index contributed by atoms with van der Waals surface area (Å²) in [6.45, 7) is 0. The van der Waals surface area contributed by atoms with Gasteiger partial charge >= 0.3 is 0 Å². The highest BCUT2D eigenvalue weighted by Gasteiger charge is 2.07. The van der Waals surface area contributed by atoms with Gasteiger partial charge in [-0.25, -0.2) is 0 Å². The molecule has 0 aliphatic heterocycles. The van der Waals surface area contributed by atoms with Gasteiger partial charge < -0.3 is 5.73 Å². The van der Waals surface area contributed by atoms with Gasteiger partial charge in [-0.15, -0.1) is 0 Å². The van der Waals surface area contributed by atoms with Crippen molar-refractivity contribution >= 4 is 17.6 Å². The lowest BCUT2D eigenvalue weighted by molar-refractivity contribution is 0.252. The summed E-state index contributed by atoms with van der Waals surface area (Å²) in [5, 5.41) is 6.41. The van der Waals surface area contributed by atoms with E-state index in [0.717, 1.165) is 11.1 Å². The van der Waals surface area contributed by atoms with E-state index in [4.69, 9.17) is 5.73 Å². The molecule has 0 fully saturated rings. The summed E-state index contributed by atoms with van der Waals surface area (Å²) in [5.41, 5.74) is 7.27. The minimum atomic E-state index is -2.40. The molecule has 2 aromatic rings. The van der Waals surface area contributed by atoms with E-state index in [2.05, 4.69) is 10.2 Å². The predicted molar refractivity (Wildman–Crippen MR) is 60.3 cm³/mol. The van der Waals surface area contributed by atoms with Crippen LogP contribution in [-0.4, -0.2) is 16.0 Å². The van der Waals surface area contributed by atoms with Gasteiger partial charge in [0.2, 0.25) is 0 Å². The van der Waals surface area contributed by atoms with Crippen LogP contribution in [0.15, 0.2) is 35.4 Å². The molecule has 0 atom stereocenters. The second-order valence-electron chi connectivity index (χ2n) is 3.10. The molecule has 0 bridgehead atoms. The van der Waals surface area contributed by atoms with Gasteiger partial charge in [0.05, 0.1) is 6.20 Å². The van der Waals surface area contributed by atoms with Crippen LogP contribution < -0.4 is 5.73 Å². The standard InChI is InChI=1S/C10H9F2N3S/c11-10(12)16-7-3-1-6(2-4-7)8-5-14-15-9(8)13/h1-5,10H,(H3,13,14,15). The maximum atomic E-state index is 12.1. The van der Waals surface area contributed by atoms with Gasteiger partial charge in [-0.05, 0) is 17.7 Å². The molecule has 1 heterocycles. The van der Waals surface area contributed by atoms with E-state index >= 15 is 0 Å². The van der Waals surface area contributed by atoms with Crippen molar-refractivity contribution in [1.29, 1.82) is 0 Å². The number of aromatic amines is 1. The molecule has 0 aliphatic rings. The van der Waals surface area contributed by atoms with E-state index in [0.29, 0.717) is 22.5 Å². The van der Waals surface area contributed by atoms with Gasteiger partial charge in [-0.1, -0.05) is 23.9 Å². The van der Waals surface area contributed by atoms with Crippen molar-refractivity contribution in [3.63, 3.8) is 0 Å². The van der Waals surface area contributed by atoms with Gasteiger partial charge in [0.1, 0.15) is 5.82 Å². The molecule has 84 valence electrons. The zero-order valence-corrected chi connectivity index (χ0v) is 8.97. The van der Waals surface area contributed by atoms with E-state index in [-0.39, 0.29) is 0 Å². The fourth-order valence-electron chi connectivity index (χ4n) is 1.34. The minimum absolute atomic E-state index is 0.467. The summed E-state index contributed by atoms with van der Waals surface area (Å²) < 4.78 is 24.2. The quantitative estimate of drug-likeness (QED) is 0.812. The average Bonchev–Trinajstić information content (AvgIpc) is 2.65. The van der Waals surface area contributed by atoms with E-state index in [1.165, 1.54) is 0 Å². The average molecular weight is 241 g/mol. The number of alkyl halides is 2. The van der Waals surface area contributed by atoms with Crippen molar-refractivity contribution in [2.75, 3.05) is 5.73 Å². The van der Waals surface area contributed by atoms with Crippen molar-refractivity contribution in [2.45, 2.75) is 10.7 Å². The number of nitrogens with zero attached hydrogens (tertiary/aromatic N) is 1. The first-order valence-corrected chi connectivity index (χ1v) is 5.39. The highest BCUT2D eigenvalue weighted by atomic mass is 32.2. The number of hydrogen-bond donors (Lipinski definition) is 2. The fraction of sp³-hybridized carbons (Fsp3) is 0.100. The van der Waals surface area contributed by atoms with Crippen LogP contribution >= 0.6 is 11.8 Å². The van der Waals surface area contributed by atoms with E-state index in [9.17, 15) is 8.78 Å². The number of aromatic nitrogens is 2. The summed E-state index contributed by atoms with van der Waals surface area (Å²) in [5.74, 6) is -1.93. The topological polar surface area (TPSA) is 54.7 Å². The Labute approximate surface area is 95.0 Å². The van der Waals surface area contributed by atoms with Crippen LogP contribution in [0.3, 0.4) is 0 Å². The number of nitrogens with one attached hydrogen (secondary N) is 1. The number of benzene rings is 1. The molecule has 0 amide bonds. The van der Waals surface area contributed by atoms with Crippen LogP contribution in [-0.2, 0) is 0 Å². The molecule has 2 rings (SSSR count). The number of rotatable bonds is 3. The molecule has 0 spiro atoms. The maximum absolute atomic E-state index is 12.1. The van der Waals surface area contributed by atoms with Gasteiger partial charge in [0.15, 0.2) is 0 Å². The summed E-state index contributed by atoms with van der Waals surface area (Å²) in [7, 11) is 0. The molecule has 0 saturated heterocycles. The molecule has 0 aliphatic carbocycles. The van der Waals surface area contributed by atoms with Gasteiger partial charge in [0, 0.05) is 10.5 Å². The van der Waals surface area contributed by atoms with E-state index in [1.807, 2.05) is 0 Å². The molecule has 6 heteroatoms. The molecule has 3 N–H and O–H groups in total. The first-order valence-electron chi connectivity index (χ1n) is 4.51. The molecule has 1 aromatic heterocycles. The third-order valence-corrected chi connectivity index (χ3v) is 2.78. The lowest BCUT2D eigenvalue weighted by Gasteiger charge is -2.02. The lowest BCUT2D eigenvalue weighted by Crippen LogP contribution is -1.87. The Morgan fingerprint density at radius 2 is 1.94 bits per heavy atom. The van der Waals surface area contributed by atoms with Gasteiger partial charge in [0.25, 0.3) is 5.76 Å². The first-order chi connectivity index (χ1) is 7.66. The number of thioether (sulfide) groups is 1. The van der Waals surface area contributed by atoms with Crippen molar-refractivity contribution in [3.8, 4) is 11.1 Å². The molecule has 3 nitrogen and oxygen atoms in total. The second kappa shape index (κ2) is 4.52. The number of nitrogens with two attached hydrogens (primary N) is 1. The second-order valence-corrected chi connectivity index (χ2v) is 4.16. The normalized spacial score (nSPS) is 10.9. The van der Waals surface area contributed by atoms with Crippen molar-refractivity contribution in [2.24, 2.45) is 0 Å². The highest BCUT2D eigenvalue weighted by molar-refractivity contribution is 7.99. The molecule has 0 unspecified atom stereocenters. The maximum Gasteiger partial charge on any atom is 0.288 e. The molecular weight excluding hydrogens is 232 g/mol. The SMILES string of the molecule is Nc1[nH]ncc1-c1ccc(SC(F)F)cc1. The number of halogens is 2. The Morgan fingerprint density at radius 3 is 2.44 bits per heavy atom. The Morgan fingerprint density at radius 1 is 1.25 bits per heavy atom.